The highest BCUT2D eigenvalue weighted by molar-refractivity contribution is 7.07. The second-order valence-corrected chi connectivity index (χ2v) is 9.79. The van der Waals surface area contributed by atoms with Crippen LogP contribution in [0, 0.1) is 10.1 Å². The zero-order chi connectivity index (χ0) is 28.4. The van der Waals surface area contributed by atoms with Gasteiger partial charge in [-0.25, -0.2) is 9.79 Å². The quantitative estimate of drug-likeness (QED) is 0.178. The molecule has 0 N–H and O–H groups in total. The van der Waals surface area contributed by atoms with Gasteiger partial charge >= 0.3 is 5.97 Å². The summed E-state index contributed by atoms with van der Waals surface area (Å²) in [6.07, 6.45) is 1.57. The number of allylic oxidation sites excluding steroid dienone is 1. The SMILES string of the molecule is CCOC(=O)C1=C(C)N=c2s/c(=C\c3ccc(-c4ccccc4[N+](=O)[O-])o3)c(=O)n2[C@@H]1c1ccc(OCC)cc1. The highest BCUT2D eigenvalue weighted by Gasteiger charge is 2.33. The number of ether oxygens (including phenoxy) is 2. The van der Waals surface area contributed by atoms with Crippen LogP contribution < -0.4 is 19.6 Å². The van der Waals surface area contributed by atoms with Crippen LogP contribution in [0.3, 0.4) is 0 Å². The summed E-state index contributed by atoms with van der Waals surface area (Å²) in [5.41, 5.74) is 1.33. The van der Waals surface area contributed by atoms with Gasteiger partial charge in [0.1, 0.15) is 17.3 Å². The van der Waals surface area contributed by atoms with Crippen molar-refractivity contribution < 1.29 is 23.6 Å². The number of nitro benzene ring substituents is 1. The summed E-state index contributed by atoms with van der Waals surface area (Å²) in [6, 6.07) is 16.0. The molecule has 0 unspecified atom stereocenters. The molecule has 0 spiro atoms. The maximum absolute atomic E-state index is 13.8. The number of para-hydroxylation sites is 1. The van der Waals surface area contributed by atoms with E-state index in [1.165, 1.54) is 10.6 Å². The van der Waals surface area contributed by atoms with E-state index in [-0.39, 0.29) is 23.4 Å². The van der Waals surface area contributed by atoms with E-state index < -0.39 is 16.9 Å². The molecule has 0 saturated carbocycles. The number of thiazole rings is 1. The van der Waals surface area contributed by atoms with Crippen molar-refractivity contribution in [1.82, 2.24) is 4.57 Å². The molecule has 204 valence electrons. The maximum atomic E-state index is 13.8. The molecule has 0 radical (unpaired) electrons. The molecule has 1 aliphatic heterocycles. The highest BCUT2D eigenvalue weighted by Crippen LogP contribution is 2.32. The van der Waals surface area contributed by atoms with E-state index in [0.29, 0.717) is 50.0 Å². The van der Waals surface area contributed by atoms with Crippen LogP contribution in [0.5, 0.6) is 5.75 Å². The van der Waals surface area contributed by atoms with Crippen LogP contribution in [0.4, 0.5) is 5.69 Å². The van der Waals surface area contributed by atoms with Gasteiger partial charge in [0, 0.05) is 12.1 Å². The molecular weight excluding hydrogens is 534 g/mol. The Labute approximate surface area is 232 Å². The van der Waals surface area contributed by atoms with Gasteiger partial charge in [-0.2, -0.15) is 0 Å². The number of carbonyl (C=O) groups is 1. The number of rotatable bonds is 8. The normalized spacial score (nSPS) is 15.0. The van der Waals surface area contributed by atoms with Crippen LogP contribution in [-0.2, 0) is 9.53 Å². The largest absolute Gasteiger partial charge is 0.494 e. The van der Waals surface area contributed by atoms with Crippen LogP contribution in [0.15, 0.2) is 86.1 Å². The molecule has 2 aromatic heterocycles. The molecule has 11 heteroatoms. The number of nitro groups is 1. The lowest BCUT2D eigenvalue weighted by Gasteiger charge is -2.24. The van der Waals surface area contributed by atoms with E-state index in [9.17, 15) is 19.7 Å². The van der Waals surface area contributed by atoms with E-state index in [1.807, 2.05) is 19.1 Å². The van der Waals surface area contributed by atoms with Crippen molar-refractivity contribution in [3.63, 3.8) is 0 Å². The Bertz CT molecular complexity index is 1810. The molecule has 3 heterocycles. The fraction of sp³-hybridized carbons (Fsp3) is 0.207. The van der Waals surface area contributed by atoms with Gasteiger partial charge in [0.2, 0.25) is 0 Å². The number of esters is 1. The van der Waals surface area contributed by atoms with Crippen molar-refractivity contribution in [1.29, 1.82) is 0 Å². The first-order chi connectivity index (χ1) is 19.3. The Morgan fingerprint density at radius 1 is 1.12 bits per heavy atom. The Balaban J connectivity index is 1.62. The van der Waals surface area contributed by atoms with Crippen molar-refractivity contribution in [2.75, 3.05) is 13.2 Å². The zero-order valence-electron chi connectivity index (χ0n) is 22.0. The first-order valence-electron chi connectivity index (χ1n) is 12.6. The fourth-order valence-electron chi connectivity index (χ4n) is 4.57. The first-order valence-corrected chi connectivity index (χ1v) is 13.4. The summed E-state index contributed by atoms with van der Waals surface area (Å²) in [4.78, 5) is 42.8. The number of hydrogen-bond donors (Lipinski definition) is 0. The lowest BCUT2D eigenvalue weighted by atomic mass is 9.96. The number of aromatic nitrogens is 1. The number of furan rings is 1. The summed E-state index contributed by atoms with van der Waals surface area (Å²) < 4.78 is 18.6. The minimum absolute atomic E-state index is 0.0832. The smallest absolute Gasteiger partial charge is 0.338 e. The van der Waals surface area contributed by atoms with Crippen LogP contribution >= 0.6 is 11.3 Å². The van der Waals surface area contributed by atoms with Gasteiger partial charge in [0.05, 0.1) is 45.5 Å². The number of hydrogen-bond acceptors (Lipinski definition) is 9. The van der Waals surface area contributed by atoms with Crippen molar-refractivity contribution >= 4 is 29.1 Å². The lowest BCUT2D eigenvalue weighted by molar-refractivity contribution is -0.384. The third-order valence-corrected chi connectivity index (χ3v) is 7.27. The second-order valence-electron chi connectivity index (χ2n) is 8.78. The summed E-state index contributed by atoms with van der Waals surface area (Å²) in [5.74, 6) is 0.776. The summed E-state index contributed by atoms with van der Waals surface area (Å²) >= 11 is 1.16. The first kappa shape index (κ1) is 26.8. The van der Waals surface area contributed by atoms with Crippen LogP contribution in [-0.4, -0.2) is 28.7 Å². The van der Waals surface area contributed by atoms with Gasteiger partial charge in [-0.05, 0) is 56.7 Å². The van der Waals surface area contributed by atoms with Crippen molar-refractivity contribution in [3.8, 4) is 17.1 Å². The van der Waals surface area contributed by atoms with E-state index in [1.54, 1.807) is 62.4 Å². The fourth-order valence-corrected chi connectivity index (χ4v) is 5.59. The average Bonchev–Trinajstić information content (AvgIpc) is 3.53. The molecule has 0 aliphatic carbocycles. The third kappa shape index (κ3) is 4.98. The van der Waals surface area contributed by atoms with E-state index in [2.05, 4.69) is 4.99 Å². The number of benzene rings is 2. The zero-order valence-corrected chi connectivity index (χ0v) is 22.8. The second kappa shape index (κ2) is 11.1. The molecule has 0 bridgehead atoms. The molecule has 1 aliphatic rings. The molecule has 0 saturated heterocycles. The molecule has 1 atom stereocenters. The van der Waals surface area contributed by atoms with Gasteiger partial charge in [0.25, 0.3) is 11.2 Å². The summed E-state index contributed by atoms with van der Waals surface area (Å²) in [7, 11) is 0. The van der Waals surface area contributed by atoms with Crippen LogP contribution in [0.1, 0.15) is 38.1 Å². The maximum Gasteiger partial charge on any atom is 0.338 e. The van der Waals surface area contributed by atoms with Gasteiger partial charge < -0.3 is 13.9 Å². The van der Waals surface area contributed by atoms with Gasteiger partial charge in [-0.15, -0.1) is 0 Å². The van der Waals surface area contributed by atoms with Gasteiger partial charge in [-0.3, -0.25) is 19.5 Å². The van der Waals surface area contributed by atoms with Gasteiger partial charge in [-0.1, -0.05) is 35.6 Å². The van der Waals surface area contributed by atoms with Crippen molar-refractivity contribution in [2.24, 2.45) is 4.99 Å². The average molecular weight is 560 g/mol. The Morgan fingerprint density at radius 3 is 2.58 bits per heavy atom. The molecule has 4 aromatic rings. The predicted octanol–water partition coefficient (Wildman–Crippen LogP) is 4.37. The molecule has 5 rings (SSSR count). The Hall–Kier alpha value is -4.77. The van der Waals surface area contributed by atoms with E-state index in [0.717, 1.165) is 11.3 Å². The standard InChI is InChI=1S/C29H25N3O7S/c1-4-37-19-12-10-18(11-13-19)26-25(28(34)38-5-2)17(3)30-29-31(26)27(33)24(40-29)16-20-14-15-23(39-20)21-8-6-7-9-22(21)32(35)36/h6-16,26H,4-5H2,1-3H3/b24-16-/t26-/m1/s1. The van der Waals surface area contributed by atoms with Gasteiger partial charge in [0.15, 0.2) is 4.80 Å². The van der Waals surface area contributed by atoms with E-state index >= 15 is 0 Å². The van der Waals surface area contributed by atoms with E-state index in [4.69, 9.17) is 13.9 Å². The monoisotopic (exact) mass is 559 g/mol. The minimum atomic E-state index is -0.757. The molecule has 0 amide bonds. The number of fused-ring (bicyclic) bond motifs is 1. The topological polar surface area (TPSA) is 126 Å². The van der Waals surface area contributed by atoms with Crippen molar-refractivity contribution in [2.45, 2.75) is 26.8 Å². The Morgan fingerprint density at radius 2 is 1.88 bits per heavy atom. The highest BCUT2D eigenvalue weighted by atomic mass is 32.1. The molecule has 0 fully saturated rings. The van der Waals surface area contributed by atoms with Crippen molar-refractivity contribution in [3.05, 3.63) is 113 Å². The summed E-state index contributed by atoms with van der Waals surface area (Å²) in [5, 5.41) is 11.5. The lowest BCUT2D eigenvalue weighted by Crippen LogP contribution is -2.39. The number of carbonyl (C=O) groups excluding carboxylic acids is 1. The number of nitrogens with zero attached hydrogens (tertiary/aromatic N) is 3. The molecule has 40 heavy (non-hydrogen) atoms. The Kier molecular flexibility index (Phi) is 7.47. The third-order valence-electron chi connectivity index (χ3n) is 6.29. The molecular formula is C29H25N3O7S. The van der Waals surface area contributed by atoms with Crippen LogP contribution in [0.25, 0.3) is 17.4 Å². The summed E-state index contributed by atoms with van der Waals surface area (Å²) in [6.45, 7) is 6.01. The predicted molar refractivity (Wildman–Crippen MR) is 149 cm³/mol. The minimum Gasteiger partial charge on any atom is -0.494 e. The molecule has 10 nitrogen and oxygen atoms in total. The van der Waals surface area contributed by atoms with Crippen LogP contribution in [0.2, 0.25) is 0 Å². The molecule has 2 aromatic carbocycles.